The summed E-state index contributed by atoms with van der Waals surface area (Å²) in [6.45, 7) is 20.3. The van der Waals surface area contributed by atoms with E-state index in [2.05, 4.69) is 26.6 Å². The van der Waals surface area contributed by atoms with Crippen molar-refractivity contribution < 1.29 is 72.2 Å². The highest BCUT2D eigenvalue weighted by Crippen LogP contribution is 2.25. The van der Waals surface area contributed by atoms with Crippen molar-refractivity contribution >= 4 is 76.8 Å². The van der Waals surface area contributed by atoms with E-state index in [0.717, 1.165) is 21.8 Å². The second kappa shape index (κ2) is 44.1. The summed E-state index contributed by atoms with van der Waals surface area (Å²) >= 11 is 0. The third-order valence-corrected chi connectivity index (χ3v) is 19.9. The topological polar surface area (TPSA) is 337 Å². The third kappa shape index (κ3) is 27.6. The summed E-state index contributed by atoms with van der Waals surface area (Å²) in [4.78, 5) is 205. The number of carbonyl (C=O) groups is 13. The molecular formula is C79H127N13O15. The summed E-state index contributed by atoms with van der Waals surface area (Å²) in [6, 6.07) is 3.96. The van der Waals surface area contributed by atoms with E-state index in [9.17, 15) is 19.5 Å². The monoisotopic (exact) mass is 1500 g/mol. The molecule has 28 heteroatoms. The van der Waals surface area contributed by atoms with Crippen molar-refractivity contribution in [1.29, 1.82) is 0 Å². The van der Waals surface area contributed by atoms with Crippen LogP contribution in [0.25, 0.3) is 0 Å². The SMILES string of the molecule is CCCN1CC(=O)N(C)[C@@H](CC(C)C)C(=O)N[C@H](C(=O)N2CCCCC2)CC(=O)N(C)[C@@H](CC(C)C)C(=O)N[C@@H](Cc2ccccc2)C(=O)N(C)[C@@H](CC(C)C)C(=O)N(C)[C@@H](CC(C)C)C(=O)N[C@@H](COCC(=O)NC)C(=O)N(C)[C@@H](CCc2ccccc2)C(=O)N(C)[C@@H](CC(C)C)C(=O)N[C@@H]([C@@H](C)O)C1=O. The molecule has 2 aromatic rings. The molecule has 0 radical (unpaired) electrons. The van der Waals surface area contributed by atoms with Crippen molar-refractivity contribution in [3.8, 4) is 0 Å². The minimum absolute atomic E-state index is 0.00934. The average Bonchev–Trinajstić information content (AvgIpc) is 0.807. The van der Waals surface area contributed by atoms with Crippen molar-refractivity contribution in [2.45, 2.75) is 233 Å². The first kappa shape index (κ1) is 90.9. The predicted octanol–water partition coefficient (Wildman–Crippen LogP) is 3.79. The second-order valence-corrected chi connectivity index (χ2v) is 31.2. The van der Waals surface area contributed by atoms with Gasteiger partial charge in [-0.2, -0.15) is 0 Å². The molecule has 2 fully saturated rings. The van der Waals surface area contributed by atoms with Gasteiger partial charge in [0.15, 0.2) is 0 Å². The Balaban J connectivity index is 2.05. The minimum Gasteiger partial charge on any atom is -0.391 e. The summed E-state index contributed by atoms with van der Waals surface area (Å²) in [5, 5.41) is 25.3. The number of nitrogens with zero attached hydrogens (tertiary/aromatic N) is 8. The number of hydrogen-bond acceptors (Lipinski definition) is 15. The van der Waals surface area contributed by atoms with Crippen LogP contribution in [-0.4, -0.2) is 276 Å². The van der Waals surface area contributed by atoms with Crippen LogP contribution in [0.2, 0.25) is 0 Å². The number of aliphatic hydroxyl groups is 1. The van der Waals surface area contributed by atoms with Gasteiger partial charge in [-0.25, -0.2) is 0 Å². The summed E-state index contributed by atoms with van der Waals surface area (Å²) in [6.07, 6.45) is 0.638. The fourth-order valence-electron chi connectivity index (χ4n) is 13.6. The van der Waals surface area contributed by atoms with Crippen LogP contribution in [0.1, 0.15) is 165 Å². The Morgan fingerprint density at radius 3 is 1.38 bits per heavy atom. The number of carbonyl (C=O) groups excluding carboxylic acids is 13. The van der Waals surface area contributed by atoms with Gasteiger partial charge in [-0.15, -0.1) is 0 Å². The molecule has 0 aliphatic carbocycles. The van der Waals surface area contributed by atoms with Crippen molar-refractivity contribution in [2.75, 3.05) is 88.7 Å². The second-order valence-electron chi connectivity index (χ2n) is 31.2. The van der Waals surface area contributed by atoms with Gasteiger partial charge in [0.2, 0.25) is 76.8 Å². The molecule has 2 heterocycles. The number of ether oxygens (including phenoxy) is 1. The zero-order valence-electron chi connectivity index (χ0n) is 67.2. The maximum absolute atomic E-state index is 15.6. The van der Waals surface area contributed by atoms with E-state index in [4.69, 9.17) is 4.74 Å². The summed E-state index contributed by atoms with van der Waals surface area (Å²) in [5.74, 6) is -10.8. The molecule has 0 spiro atoms. The molecule has 13 amide bonds. The molecule has 0 aromatic heterocycles. The van der Waals surface area contributed by atoms with Crippen molar-refractivity contribution in [2.24, 2.45) is 29.6 Å². The van der Waals surface area contributed by atoms with Crippen LogP contribution in [0.4, 0.5) is 0 Å². The van der Waals surface area contributed by atoms with Crippen LogP contribution in [0.3, 0.4) is 0 Å². The molecule has 0 saturated carbocycles. The Hall–Kier alpha value is -8.53. The maximum atomic E-state index is 15.6. The highest BCUT2D eigenvalue weighted by molar-refractivity contribution is 6.00. The number of hydrogen-bond donors (Lipinski definition) is 6. The molecule has 0 unspecified atom stereocenters. The fourth-order valence-corrected chi connectivity index (χ4v) is 13.6. The number of benzene rings is 2. The normalized spacial score (nSPS) is 24.2. The molecule has 2 aliphatic heterocycles. The summed E-state index contributed by atoms with van der Waals surface area (Å²) in [7, 11) is 9.81. The smallest absolute Gasteiger partial charge is 0.248 e. The molecule has 107 heavy (non-hydrogen) atoms. The molecule has 598 valence electrons. The third-order valence-electron chi connectivity index (χ3n) is 19.9. The molecule has 2 aliphatic rings. The molecule has 11 atom stereocenters. The Morgan fingerprint density at radius 1 is 0.495 bits per heavy atom. The van der Waals surface area contributed by atoms with Gasteiger partial charge in [0.1, 0.15) is 67.0 Å². The van der Waals surface area contributed by atoms with E-state index < -0.39 is 169 Å². The number of likely N-dealkylation sites (tertiary alicyclic amines) is 1. The number of likely N-dealkylation sites (N-methyl/N-ethyl adjacent to an activating group) is 7. The fraction of sp³-hybridized carbons (Fsp3) is 0.684. The van der Waals surface area contributed by atoms with E-state index in [-0.39, 0.29) is 87.5 Å². The van der Waals surface area contributed by atoms with Crippen LogP contribution in [0.15, 0.2) is 60.7 Å². The zero-order valence-corrected chi connectivity index (χ0v) is 67.2. The van der Waals surface area contributed by atoms with Gasteiger partial charge in [0, 0.05) is 75.4 Å². The molecule has 0 bridgehead atoms. The quantitative estimate of drug-likeness (QED) is 0.0922. The van der Waals surface area contributed by atoms with Crippen LogP contribution in [0.5, 0.6) is 0 Å². The number of aryl methyl sites for hydroxylation is 1. The van der Waals surface area contributed by atoms with E-state index in [1.54, 1.807) is 42.2 Å². The van der Waals surface area contributed by atoms with Gasteiger partial charge in [-0.05, 0) is 118 Å². The standard InChI is InChI=1S/C79H127N13O15/c1-20-36-92-46-68(96)86(15)62(40-50(4)5)71(98)82-58(76(103)91-37-28-23-29-38-91)45-67(95)85(14)61(39-49(2)3)70(97)81-57(44-56-32-26-22-27-33-56)74(101)90(19)65(43-53(10)11)78(105)89(18)63(41-51(6)7)72(99)83-59(47-107-48-66(94)80-13)75(102)87(16)60(35-34-55-30-24-21-25-31-55)77(104)88(17)64(42-52(8)9)73(100)84-69(54(12)93)79(92)106/h21-22,24-27,30-33,49-54,57-65,69,93H,20,23,28-29,34-48H2,1-19H3,(H,80,94)(H,81,97)(H,82,98)(H,83,99)(H,84,100)/t54-,57+,58+,59+,60+,61+,62+,63+,64+,65+,69+/m1/s1. The average molecular weight is 1500 g/mol. The molecule has 2 saturated heterocycles. The Bertz CT molecular complexity index is 3280. The van der Waals surface area contributed by atoms with Crippen LogP contribution < -0.4 is 26.6 Å². The predicted molar refractivity (Wildman–Crippen MR) is 408 cm³/mol. The van der Waals surface area contributed by atoms with Gasteiger partial charge >= 0.3 is 0 Å². The lowest BCUT2D eigenvalue weighted by atomic mass is 9.96. The van der Waals surface area contributed by atoms with Crippen LogP contribution >= 0.6 is 0 Å². The van der Waals surface area contributed by atoms with E-state index in [0.29, 0.717) is 37.9 Å². The van der Waals surface area contributed by atoms with E-state index in [1.165, 1.54) is 80.8 Å². The summed E-state index contributed by atoms with van der Waals surface area (Å²) < 4.78 is 5.83. The molecule has 2 aromatic carbocycles. The number of rotatable bonds is 23. The maximum Gasteiger partial charge on any atom is 0.248 e. The van der Waals surface area contributed by atoms with Crippen molar-refractivity contribution in [1.82, 2.24) is 65.8 Å². The minimum atomic E-state index is -1.70. The zero-order chi connectivity index (χ0) is 80.3. The Kier molecular flexibility index (Phi) is 37.4. The number of amides is 13. The highest BCUT2D eigenvalue weighted by Gasteiger charge is 2.44. The number of nitrogens with one attached hydrogen (secondary N) is 5. The lowest BCUT2D eigenvalue weighted by Gasteiger charge is -2.38. The number of aliphatic hydroxyl groups excluding tert-OH is 1. The molecule has 28 nitrogen and oxygen atoms in total. The Morgan fingerprint density at radius 2 is 0.907 bits per heavy atom. The van der Waals surface area contributed by atoms with Crippen LogP contribution in [-0.2, 0) is 79.9 Å². The summed E-state index contributed by atoms with van der Waals surface area (Å²) in [5.41, 5.74) is 1.43. The van der Waals surface area contributed by atoms with Crippen LogP contribution in [0, 0.1) is 29.6 Å². The van der Waals surface area contributed by atoms with Gasteiger partial charge in [0.05, 0.1) is 25.7 Å². The van der Waals surface area contributed by atoms with Gasteiger partial charge in [-0.1, -0.05) is 137 Å². The van der Waals surface area contributed by atoms with Crippen molar-refractivity contribution in [3.63, 3.8) is 0 Å². The van der Waals surface area contributed by atoms with Gasteiger partial charge in [-0.3, -0.25) is 62.3 Å². The highest BCUT2D eigenvalue weighted by atomic mass is 16.5. The first-order valence-corrected chi connectivity index (χ1v) is 38.3. The largest absolute Gasteiger partial charge is 0.391 e. The van der Waals surface area contributed by atoms with E-state index in [1.807, 2.05) is 99.6 Å². The van der Waals surface area contributed by atoms with Crippen molar-refractivity contribution in [3.05, 3.63) is 71.8 Å². The van der Waals surface area contributed by atoms with Gasteiger partial charge < -0.3 is 75.6 Å². The van der Waals surface area contributed by atoms with Gasteiger partial charge in [0.25, 0.3) is 0 Å². The first-order chi connectivity index (χ1) is 50.3. The Labute approximate surface area is 635 Å². The number of piperidine rings is 1. The van der Waals surface area contributed by atoms with E-state index >= 15 is 47.9 Å². The molecule has 4 rings (SSSR count). The lowest BCUT2D eigenvalue weighted by molar-refractivity contribution is -0.152. The lowest BCUT2D eigenvalue weighted by Crippen LogP contribution is -2.62. The first-order valence-electron chi connectivity index (χ1n) is 38.3. The molecule has 6 N–H and O–H groups in total. The molecular weight excluding hydrogens is 1370 g/mol.